The second kappa shape index (κ2) is 4.35. The monoisotopic (exact) mass is 284 g/mol. The molecule has 0 spiro atoms. The molecule has 20 heavy (non-hydrogen) atoms. The number of fused-ring (bicyclic) bond motifs is 1. The van der Waals surface area contributed by atoms with Crippen LogP contribution in [0.25, 0.3) is 21.5 Å². The number of aryl methyl sites for hydroxylation is 1. The average molecular weight is 284 g/mol. The molecule has 0 aliphatic heterocycles. The quantitative estimate of drug-likeness (QED) is 0.682. The van der Waals surface area contributed by atoms with Crippen LogP contribution in [0, 0.1) is 12.7 Å². The van der Waals surface area contributed by atoms with Gasteiger partial charge < -0.3 is 0 Å². The summed E-state index contributed by atoms with van der Waals surface area (Å²) in [5.74, 6) is 0.386. The Hall–Kier alpha value is -1.81. The molecule has 0 amide bonds. The summed E-state index contributed by atoms with van der Waals surface area (Å²) in [5, 5.41) is 1.02. The van der Waals surface area contributed by atoms with Crippen molar-refractivity contribution in [3.8, 4) is 11.1 Å². The predicted octanol–water partition coefficient (Wildman–Crippen LogP) is 4.68. The molecule has 0 saturated heterocycles. The van der Waals surface area contributed by atoms with E-state index in [2.05, 4.69) is 11.1 Å². The molecule has 3 aromatic rings. The van der Waals surface area contributed by atoms with Crippen molar-refractivity contribution in [3.05, 3.63) is 46.9 Å². The minimum absolute atomic E-state index is 0.212. The third kappa shape index (κ3) is 2.00. The highest BCUT2D eigenvalue weighted by molar-refractivity contribution is 7.18. The summed E-state index contributed by atoms with van der Waals surface area (Å²) in [6, 6.07) is 8.76. The van der Waals surface area contributed by atoms with E-state index in [9.17, 15) is 4.39 Å². The maximum Gasteiger partial charge on any atom is 0.144 e. The van der Waals surface area contributed by atoms with Gasteiger partial charge in [0.05, 0.1) is 5.01 Å². The van der Waals surface area contributed by atoms with Crippen molar-refractivity contribution in [2.75, 3.05) is 0 Å². The number of pyridine rings is 1. The van der Waals surface area contributed by atoms with Gasteiger partial charge in [-0.25, -0.2) is 14.4 Å². The van der Waals surface area contributed by atoms with Gasteiger partial charge >= 0.3 is 0 Å². The fraction of sp³-hybridized carbons (Fsp3) is 0.250. The number of rotatable bonds is 2. The molecule has 0 N–H and O–H groups in total. The van der Waals surface area contributed by atoms with E-state index in [1.165, 1.54) is 25.0 Å². The molecule has 0 unspecified atom stereocenters. The van der Waals surface area contributed by atoms with Gasteiger partial charge in [0, 0.05) is 17.2 Å². The lowest BCUT2D eigenvalue weighted by molar-refractivity contribution is 0.628. The van der Waals surface area contributed by atoms with E-state index in [-0.39, 0.29) is 5.82 Å². The van der Waals surface area contributed by atoms with Crippen LogP contribution in [-0.2, 0) is 0 Å². The second-order valence-electron chi connectivity index (χ2n) is 5.26. The predicted molar refractivity (Wildman–Crippen MR) is 79.5 cm³/mol. The summed E-state index contributed by atoms with van der Waals surface area (Å²) >= 11 is 1.63. The van der Waals surface area contributed by atoms with Gasteiger partial charge in [-0.15, -0.1) is 0 Å². The fourth-order valence-corrected chi connectivity index (χ4v) is 3.29. The highest BCUT2D eigenvalue weighted by Gasteiger charge is 2.26. The first-order chi connectivity index (χ1) is 9.70. The van der Waals surface area contributed by atoms with E-state index in [0.717, 1.165) is 32.2 Å². The van der Waals surface area contributed by atoms with Gasteiger partial charge in [0.15, 0.2) is 0 Å². The Labute approximate surface area is 120 Å². The van der Waals surface area contributed by atoms with Crippen molar-refractivity contribution in [1.29, 1.82) is 0 Å². The Morgan fingerprint density at radius 3 is 2.60 bits per heavy atom. The number of hydrogen-bond donors (Lipinski definition) is 0. The van der Waals surface area contributed by atoms with E-state index in [1.54, 1.807) is 11.3 Å². The number of hydrogen-bond acceptors (Lipinski definition) is 3. The van der Waals surface area contributed by atoms with Gasteiger partial charge in [-0.3, -0.25) is 0 Å². The van der Waals surface area contributed by atoms with Crippen LogP contribution in [0.15, 0.2) is 30.3 Å². The average Bonchev–Trinajstić information content (AvgIpc) is 3.20. The first kappa shape index (κ1) is 12.0. The fourth-order valence-electron chi connectivity index (χ4n) is 2.47. The lowest BCUT2D eigenvalue weighted by Crippen LogP contribution is -1.90. The Balaban J connectivity index is 1.97. The first-order valence-electron chi connectivity index (χ1n) is 6.75. The van der Waals surface area contributed by atoms with Crippen LogP contribution in [-0.4, -0.2) is 9.97 Å². The largest absolute Gasteiger partial charge is 0.240 e. The number of aromatic nitrogens is 2. The summed E-state index contributed by atoms with van der Waals surface area (Å²) in [6.07, 6.45) is 2.44. The SMILES string of the molecule is Cc1nc2c(-c3ccc(F)cc3)cc(C3CC3)nc2s1. The van der Waals surface area contributed by atoms with Crippen molar-refractivity contribution in [2.24, 2.45) is 0 Å². The van der Waals surface area contributed by atoms with Crippen molar-refractivity contribution in [1.82, 2.24) is 9.97 Å². The maximum absolute atomic E-state index is 13.1. The van der Waals surface area contributed by atoms with Gasteiger partial charge in [0.1, 0.15) is 16.2 Å². The van der Waals surface area contributed by atoms with Crippen LogP contribution >= 0.6 is 11.3 Å². The molecule has 1 aliphatic rings. The summed E-state index contributed by atoms with van der Waals surface area (Å²) in [4.78, 5) is 10.3. The zero-order valence-electron chi connectivity index (χ0n) is 11.1. The van der Waals surface area contributed by atoms with Crippen LogP contribution in [0.2, 0.25) is 0 Å². The molecule has 100 valence electrons. The molecule has 0 bridgehead atoms. The number of benzene rings is 1. The third-order valence-electron chi connectivity index (χ3n) is 3.65. The minimum Gasteiger partial charge on any atom is -0.240 e. The molecule has 4 heteroatoms. The molecular formula is C16H13FN2S. The van der Waals surface area contributed by atoms with E-state index >= 15 is 0 Å². The summed E-state index contributed by atoms with van der Waals surface area (Å²) < 4.78 is 13.1. The molecule has 1 fully saturated rings. The van der Waals surface area contributed by atoms with Gasteiger partial charge in [-0.05, 0) is 43.5 Å². The topological polar surface area (TPSA) is 25.8 Å². The normalized spacial score (nSPS) is 14.9. The molecule has 4 rings (SSSR count). The molecule has 1 aliphatic carbocycles. The molecule has 0 radical (unpaired) electrons. The minimum atomic E-state index is -0.212. The number of nitrogens with zero attached hydrogens (tertiary/aromatic N) is 2. The van der Waals surface area contributed by atoms with Crippen LogP contribution in [0.3, 0.4) is 0 Å². The molecule has 2 nitrogen and oxygen atoms in total. The third-order valence-corrected chi connectivity index (χ3v) is 4.51. The number of thiazole rings is 1. The molecule has 2 aromatic heterocycles. The Bertz CT molecular complexity index is 788. The van der Waals surface area contributed by atoms with Crippen molar-refractivity contribution in [3.63, 3.8) is 0 Å². The molecular weight excluding hydrogens is 271 g/mol. The van der Waals surface area contributed by atoms with E-state index in [0.29, 0.717) is 5.92 Å². The molecule has 1 aromatic carbocycles. The summed E-state index contributed by atoms with van der Waals surface area (Å²) in [7, 11) is 0. The zero-order valence-corrected chi connectivity index (χ0v) is 11.9. The standard InChI is InChI=1S/C16H13FN2S/c1-9-18-15-13(10-4-6-12(17)7-5-10)8-14(11-2-3-11)19-16(15)20-9/h4-8,11H,2-3H2,1H3. The summed E-state index contributed by atoms with van der Waals surface area (Å²) in [5.41, 5.74) is 4.16. The van der Waals surface area contributed by atoms with E-state index in [1.807, 2.05) is 19.1 Å². The van der Waals surface area contributed by atoms with Crippen LogP contribution < -0.4 is 0 Å². The molecule has 0 atom stereocenters. The van der Waals surface area contributed by atoms with E-state index < -0.39 is 0 Å². The Kier molecular flexibility index (Phi) is 2.60. The smallest absolute Gasteiger partial charge is 0.144 e. The number of halogens is 1. The van der Waals surface area contributed by atoms with Gasteiger partial charge in [-0.2, -0.15) is 0 Å². The first-order valence-corrected chi connectivity index (χ1v) is 7.56. The zero-order chi connectivity index (χ0) is 13.7. The van der Waals surface area contributed by atoms with Crippen molar-refractivity contribution < 1.29 is 4.39 Å². The van der Waals surface area contributed by atoms with Gasteiger partial charge in [0.25, 0.3) is 0 Å². The van der Waals surface area contributed by atoms with Crippen LogP contribution in [0.1, 0.15) is 29.5 Å². The van der Waals surface area contributed by atoms with Crippen molar-refractivity contribution in [2.45, 2.75) is 25.7 Å². The highest BCUT2D eigenvalue weighted by atomic mass is 32.1. The Morgan fingerprint density at radius 2 is 1.90 bits per heavy atom. The summed E-state index contributed by atoms with van der Waals surface area (Å²) in [6.45, 7) is 2.00. The van der Waals surface area contributed by atoms with Gasteiger partial charge in [0.2, 0.25) is 0 Å². The Morgan fingerprint density at radius 1 is 1.15 bits per heavy atom. The van der Waals surface area contributed by atoms with Crippen LogP contribution in [0.5, 0.6) is 0 Å². The van der Waals surface area contributed by atoms with Gasteiger partial charge in [-0.1, -0.05) is 23.5 Å². The molecule has 1 saturated carbocycles. The maximum atomic E-state index is 13.1. The molecule has 2 heterocycles. The lowest BCUT2D eigenvalue weighted by Gasteiger charge is -2.06. The highest BCUT2D eigenvalue weighted by Crippen LogP contribution is 2.42. The van der Waals surface area contributed by atoms with Crippen LogP contribution in [0.4, 0.5) is 4.39 Å². The second-order valence-corrected chi connectivity index (χ2v) is 6.44. The van der Waals surface area contributed by atoms with Crippen molar-refractivity contribution >= 4 is 21.7 Å². The lowest BCUT2D eigenvalue weighted by atomic mass is 10.0. The van der Waals surface area contributed by atoms with E-state index in [4.69, 9.17) is 4.98 Å².